The number of aromatic nitrogens is 2. The summed E-state index contributed by atoms with van der Waals surface area (Å²) in [5.74, 6) is -10.5. The van der Waals surface area contributed by atoms with E-state index < -0.39 is 201 Å². The molecule has 100 heavy (non-hydrogen) atoms. The lowest BCUT2D eigenvalue weighted by Crippen LogP contribution is -2.64. The second kappa shape index (κ2) is 36.5. The number of methoxy groups -OCH3 is 1. The maximum atomic E-state index is 15.0. The third kappa shape index (κ3) is 21.2. The zero-order valence-electron chi connectivity index (χ0n) is 55.7. The molecule has 0 saturated carbocycles. The molecule has 4 aliphatic rings. The van der Waals surface area contributed by atoms with Crippen LogP contribution in [0.15, 0.2) is 66.7 Å². The molecule has 7 amide bonds. The summed E-state index contributed by atoms with van der Waals surface area (Å²) in [5.41, 5.74) is 2.44. The summed E-state index contributed by atoms with van der Waals surface area (Å²) in [4.78, 5) is 106. The number of hydrogen-bond acceptors (Lipinski definition) is 27. The fraction of sp³-hybridized carbons (Fsp3) is 0.585. The van der Waals surface area contributed by atoms with E-state index in [1.54, 1.807) is 19.2 Å². The molecule has 35 heteroatoms. The summed E-state index contributed by atoms with van der Waals surface area (Å²) in [6.45, 7) is 2.78. The van der Waals surface area contributed by atoms with Crippen LogP contribution in [0, 0.1) is 5.92 Å². The largest absolute Gasteiger partial charge is 0.504 e. The number of carbonyl (C=O) groups is 7. The van der Waals surface area contributed by atoms with Crippen molar-refractivity contribution < 1.29 is 107 Å². The van der Waals surface area contributed by atoms with Crippen LogP contribution in [0.25, 0.3) is 21.1 Å². The number of ether oxygens (including phenoxy) is 2. The first-order valence-electron chi connectivity index (χ1n) is 33.2. The number of nitrogens with zero attached hydrogens (tertiary/aromatic N) is 5. The van der Waals surface area contributed by atoms with Crippen molar-refractivity contribution in [2.24, 2.45) is 5.92 Å². The second-order valence-electron chi connectivity index (χ2n) is 25.7. The minimum absolute atomic E-state index is 0.00276. The number of phenolic OH excluding ortho intramolecular Hbond substituents is 1. The second-order valence-corrected chi connectivity index (χ2v) is 27.7. The van der Waals surface area contributed by atoms with Gasteiger partial charge in [-0.2, -0.15) is 0 Å². The van der Waals surface area contributed by atoms with Crippen molar-refractivity contribution in [3.8, 4) is 32.6 Å². The molecule has 4 saturated heterocycles. The Kier molecular flexibility index (Phi) is 28.6. The lowest BCUT2D eigenvalue weighted by molar-refractivity contribution is -0.147. The number of fused-ring (bicyclic) bond motifs is 2. The van der Waals surface area contributed by atoms with Crippen LogP contribution in [0.2, 0.25) is 0 Å². The SMILES string of the molecule is COCCCCCCOC1CCN(c2ccc(-c3nnc(-c4ccc(C(=O)N[C@H]5C[C@@H](O)CNC(=O)[C@@H]6[C@@H](O)[C@@H](C)CN6C(=O)[C@H]([C@H](O)CCNC(CO)CO)NC(=O)[C@H]([C@H](O)Cc6ccc(O)c(OS(O)(O)O)c6)NC(=O)[C@@H]6C[C@@H](O)CN6C(=O)[C@H]([C@@H](C)O)NC5=O)cc4)s3)cc2)CC1. The Bertz CT molecular complexity index is 3380. The Morgan fingerprint density at radius 1 is 0.730 bits per heavy atom. The van der Waals surface area contributed by atoms with Gasteiger partial charge in [-0.1, -0.05) is 49.3 Å². The topological polar surface area (TPSA) is 498 Å². The molecular weight excluding hydrogens is 1350 g/mol. The summed E-state index contributed by atoms with van der Waals surface area (Å²) in [7, 11) is 1.71. The number of nitrogens with one attached hydrogen (secondary N) is 6. The van der Waals surface area contributed by atoms with E-state index in [2.05, 4.69) is 51.2 Å². The molecule has 0 aliphatic carbocycles. The molecule has 1 aromatic heterocycles. The van der Waals surface area contributed by atoms with Gasteiger partial charge in [0.1, 0.15) is 46.3 Å². The Hall–Kier alpha value is -7.30. The van der Waals surface area contributed by atoms with Crippen LogP contribution in [0.4, 0.5) is 5.69 Å². The molecule has 13 atom stereocenters. The number of aromatic hydroxyl groups is 1. The van der Waals surface area contributed by atoms with E-state index in [0.29, 0.717) is 15.6 Å². The van der Waals surface area contributed by atoms with Crippen molar-refractivity contribution in [3.05, 3.63) is 77.9 Å². The van der Waals surface area contributed by atoms with E-state index >= 15 is 0 Å². The number of aliphatic hydroxyl groups is 8. The fourth-order valence-electron chi connectivity index (χ4n) is 12.4. The standard InChI is InChI=1S/C65H93N11O22S2/c1-35-31-76-55(56(35)85)61(90)67-30-43(80)28-46(68-57(86)38-9-11-39(12-10-38)62-72-73-63(99-62)40-13-15-42(16-14-40)74-22-19-45(20-23-74)97-25-7-5-4-6-24-96-3)58(87)69-52(36(2)79)64(91)75-32-44(81)29-47(75)59(88)70-53(50(84)26-37-8-17-48(82)51(27-37)98-100(93,94)95)60(89)71-54(65(76)92)49(83)18-21-66-41(33-77)34-78/h8-17,27,35-36,41,43-47,49-50,52-56,66,77-85,93-95H,4-7,18-26,28-34H2,1-3H3,(H,67,90)(H,68,86)(H,69,87)(H,70,88)(H,71,89)/t35-,36+,43+,44+,46-,47-,49+,50+,52-,53-,54-,55-,56-/m0/s1. The molecule has 4 fully saturated rings. The molecule has 552 valence electrons. The molecule has 33 nitrogen and oxygen atoms in total. The first-order valence-corrected chi connectivity index (χ1v) is 35.5. The molecule has 0 spiro atoms. The smallest absolute Gasteiger partial charge is 0.266 e. The van der Waals surface area contributed by atoms with E-state index in [9.17, 15) is 93.2 Å². The van der Waals surface area contributed by atoms with Gasteiger partial charge in [0.25, 0.3) is 17.1 Å². The first kappa shape index (κ1) is 78.4. The number of hydrogen-bond donors (Lipinski definition) is 18. The average molecular weight is 1440 g/mol. The van der Waals surface area contributed by atoms with Gasteiger partial charge >= 0.3 is 0 Å². The number of phenols is 1. The van der Waals surface area contributed by atoms with Crippen LogP contribution in [0.5, 0.6) is 11.5 Å². The molecule has 5 heterocycles. The van der Waals surface area contributed by atoms with Gasteiger partial charge in [0.2, 0.25) is 35.4 Å². The quantitative estimate of drug-likeness (QED) is 0.0320. The minimum atomic E-state index is -4.75. The fourth-order valence-corrected chi connectivity index (χ4v) is 13.7. The van der Waals surface area contributed by atoms with Crippen molar-refractivity contribution >= 4 is 69.5 Å². The van der Waals surface area contributed by atoms with Crippen molar-refractivity contribution in [1.29, 1.82) is 0 Å². The predicted molar refractivity (Wildman–Crippen MR) is 362 cm³/mol. The Labute approximate surface area is 583 Å². The van der Waals surface area contributed by atoms with Gasteiger partial charge < -0.3 is 106 Å². The molecule has 0 bridgehead atoms. The maximum absolute atomic E-state index is 15.0. The zero-order valence-corrected chi connectivity index (χ0v) is 57.3. The van der Waals surface area contributed by atoms with Crippen LogP contribution in [-0.2, 0) is 44.7 Å². The van der Waals surface area contributed by atoms with Gasteiger partial charge in [-0.25, -0.2) is 0 Å². The van der Waals surface area contributed by atoms with Crippen molar-refractivity contribution in [2.45, 2.75) is 163 Å². The summed E-state index contributed by atoms with van der Waals surface area (Å²) < 4.78 is 44.7. The molecule has 18 N–H and O–H groups in total. The Morgan fingerprint density at radius 3 is 1.98 bits per heavy atom. The number of β-amino-alcohol motifs (C(OH)–C–C–N with tert-alkyl or cyclic N) is 1. The van der Waals surface area contributed by atoms with Crippen molar-refractivity contribution in [1.82, 2.24) is 51.9 Å². The molecular formula is C65H93N11O22S2. The number of benzene rings is 3. The summed E-state index contributed by atoms with van der Waals surface area (Å²) >= 11 is -3.43. The number of aliphatic hydroxyl groups excluding tert-OH is 8. The average Bonchev–Trinajstić information content (AvgIpc) is 1.63. The monoisotopic (exact) mass is 1440 g/mol. The molecule has 4 aromatic rings. The van der Waals surface area contributed by atoms with E-state index in [-0.39, 0.29) is 30.3 Å². The molecule has 0 unspecified atom stereocenters. The number of unbranched alkanes of at least 4 members (excludes halogenated alkanes) is 3. The molecule has 8 rings (SSSR count). The molecule has 0 radical (unpaired) electrons. The zero-order chi connectivity index (χ0) is 72.5. The summed E-state index contributed by atoms with van der Waals surface area (Å²) in [6.07, 6.45) is -6.67. The van der Waals surface area contributed by atoms with Gasteiger partial charge in [-0.15, -0.1) is 10.2 Å². The minimum Gasteiger partial charge on any atom is -0.504 e. The summed E-state index contributed by atoms with van der Waals surface area (Å²) in [5, 5.41) is 124. The number of rotatable bonds is 26. The summed E-state index contributed by atoms with van der Waals surface area (Å²) in [6, 6.07) is 4.62. The predicted octanol–water partition coefficient (Wildman–Crippen LogP) is -1.43. The van der Waals surface area contributed by atoms with Gasteiger partial charge in [-0.05, 0) is 99.7 Å². The first-order chi connectivity index (χ1) is 47.7. The van der Waals surface area contributed by atoms with E-state index in [4.69, 9.17) is 9.47 Å². The van der Waals surface area contributed by atoms with Crippen LogP contribution in [-0.4, -0.2) is 279 Å². The lowest BCUT2D eigenvalue weighted by Gasteiger charge is -2.34. The van der Waals surface area contributed by atoms with Crippen LogP contribution in [0.1, 0.15) is 87.6 Å². The van der Waals surface area contributed by atoms with E-state index in [0.717, 1.165) is 105 Å². The van der Waals surface area contributed by atoms with Crippen molar-refractivity contribution in [2.75, 3.05) is 77.7 Å². The van der Waals surface area contributed by atoms with E-state index in [1.807, 2.05) is 24.3 Å². The van der Waals surface area contributed by atoms with E-state index in [1.165, 1.54) is 36.5 Å². The van der Waals surface area contributed by atoms with Gasteiger partial charge in [0.05, 0.1) is 62.0 Å². The van der Waals surface area contributed by atoms with Gasteiger partial charge in [-0.3, -0.25) is 47.2 Å². The van der Waals surface area contributed by atoms with Gasteiger partial charge in [0, 0.05) is 101 Å². The number of piperidine rings is 1. The third-order valence-electron chi connectivity index (χ3n) is 18.1. The highest BCUT2D eigenvalue weighted by Crippen LogP contribution is 2.41. The number of carbonyl (C=O) groups excluding carboxylic acids is 7. The number of amides is 7. The highest BCUT2D eigenvalue weighted by Gasteiger charge is 2.50. The normalized spacial score (nSPS) is 25.2. The third-order valence-corrected chi connectivity index (χ3v) is 19.5. The van der Waals surface area contributed by atoms with Crippen LogP contribution < -0.4 is 41.0 Å². The molecule has 4 aliphatic heterocycles. The highest BCUT2D eigenvalue weighted by molar-refractivity contribution is 8.15. The van der Waals surface area contributed by atoms with Crippen molar-refractivity contribution in [3.63, 3.8) is 0 Å². The highest BCUT2D eigenvalue weighted by atomic mass is 32.3. The number of anilines is 1. The lowest BCUT2D eigenvalue weighted by atomic mass is 9.98. The van der Waals surface area contributed by atoms with Crippen LogP contribution >= 0.6 is 22.5 Å². The molecule has 3 aromatic carbocycles. The van der Waals surface area contributed by atoms with Gasteiger partial charge in [0.15, 0.2) is 11.5 Å². The van der Waals surface area contributed by atoms with Crippen LogP contribution in [0.3, 0.4) is 0 Å². The Morgan fingerprint density at radius 2 is 1.35 bits per heavy atom. The Balaban J connectivity index is 1.03. The maximum Gasteiger partial charge on any atom is 0.266 e.